The summed E-state index contributed by atoms with van der Waals surface area (Å²) in [5.74, 6) is 0.578. The lowest BCUT2D eigenvalue weighted by Gasteiger charge is -2.15. The van der Waals surface area contributed by atoms with Gasteiger partial charge in [0.05, 0.1) is 12.0 Å². The molecule has 1 atom stereocenters. The van der Waals surface area contributed by atoms with Crippen LogP contribution in [0.25, 0.3) is 10.9 Å². The third-order valence-corrected chi connectivity index (χ3v) is 6.24. The summed E-state index contributed by atoms with van der Waals surface area (Å²) < 4.78 is 44.4. The predicted octanol–water partition coefficient (Wildman–Crippen LogP) is 6.27. The molecule has 2 heterocycles. The molecule has 10 heteroatoms. The molecule has 0 aliphatic carbocycles. The van der Waals surface area contributed by atoms with E-state index in [1.165, 1.54) is 29.5 Å². The minimum atomic E-state index is -4.43. The zero-order valence-electron chi connectivity index (χ0n) is 19.7. The first kappa shape index (κ1) is 25.6. The third-order valence-electron chi connectivity index (χ3n) is 5.50. The van der Waals surface area contributed by atoms with Crippen molar-refractivity contribution in [2.24, 2.45) is 0 Å². The Kier molecular flexibility index (Phi) is 7.83. The summed E-state index contributed by atoms with van der Waals surface area (Å²) in [5, 5.41) is 12.6. The number of benzene rings is 2. The zero-order valence-corrected chi connectivity index (χ0v) is 20.5. The molecule has 0 aliphatic rings. The second kappa shape index (κ2) is 11.0. The molecule has 0 saturated carbocycles. The summed E-state index contributed by atoms with van der Waals surface area (Å²) in [5.41, 5.74) is 2.81. The van der Waals surface area contributed by atoms with Crippen molar-refractivity contribution in [1.29, 1.82) is 0 Å². The lowest BCUT2D eigenvalue weighted by atomic mass is 10.0. The highest BCUT2D eigenvalue weighted by Crippen LogP contribution is 2.29. The summed E-state index contributed by atoms with van der Waals surface area (Å²) in [7, 11) is 0. The molecule has 188 valence electrons. The number of rotatable bonds is 9. The highest BCUT2D eigenvalue weighted by Gasteiger charge is 2.30. The smallest absolute Gasteiger partial charge is 0.414 e. The van der Waals surface area contributed by atoms with Crippen molar-refractivity contribution in [2.75, 3.05) is 5.75 Å². The molecule has 2 N–H and O–H groups in total. The molecular formula is C26H25F3N4O2S. The zero-order chi connectivity index (χ0) is 25.7. The Hall–Kier alpha value is -3.53. The maximum atomic E-state index is 12.9. The van der Waals surface area contributed by atoms with Gasteiger partial charge in [-0.05, 0) is 43.2 Å². The van der Waals surface area contributed by atoms with Gasteiger partial charge in [-0.3, -0.25) is 4.79 Å². The molecule has 2 aromatic heterocycles. The van der Waals surface area contributed by atoms with Crippen LogP contribution in [-0.2, 0) is 23.8 Å². The van der Waals surface area contributed by atoms with E-state index in [4.69, 9.17) is 4.42 Å². The van der Waals surface area contributed by atoms with Gasteiger partial charge in [0.15, 0.2) is 0 Å². The Labute approximate surface area is 210 Å². The van der Waals surface area contributed by atoms with E-state index in [-0.39, 0.29) is 18.2 Å². The fourth-order valence-electron chi connectivity index (χ4n) is 3.66. The van der Waals surface area contributed by atoms with Gasteiger partial charge in [-0.15, -0.1) is 10.2 Å². The molecule has 6 nitrogen and oxygen atoms in total. The highest BCUT2D eigenvalue weighted by molar-refractivity contribution is 7.99. The molecule has 4 aromatic rings. The maximum Gasteiger partial charge on any atom is 0.416 e. The number of hydrogen-bond acceptors (Lipinski definition) is 5. The molecule has 0 spiro atoms. The Morgan fingerprint density at radius 2 is 1.89 bits per heavy atom. The van der Waals surface area contributed by atoms with Crippen LogP contribution >= 0.6 is 11.8 Å². The number of aromatic amines is 1. The first-order valence-corrected chi connectivity index (χ1v) is 12.3. The van der Waals surface area contributed by atoms with Crippen LogP contribution in [0.2, 0.25) is 0 Å². The minimum absolute atomic E-state index is 0.0845. The van der Waals surface area contributed by atoms with Gasteiger partial charge in [0, 0.05) is 29.3 Å². The van der Waals surface area contributed by atoms with E-state index in [9.17, 15) is 18.0 Å². The number of carbonyl (C=O) groups excluding carboxylic acids is 1. The number of alkyl halides is 3. The monoisotopic (exact) mass is 514 g/mol. The lowest BCUT2D eigenvalue weighted by molar-refractivity contribution is -0.137. The van der Waals surface area contributed by atoms with Crippen LogP contribution in [0.1, 0.15) is 42.5 Å². The van der Waals surface area contributed by atoms with Gasteiger partial charge in [0.2, 0.25) is 11.8 Å². The Morgan fingerprint density at radius 3 is 2.61 bits per heavy atom. The van der Waals surface area contributed by atoms with Crippen molar-refractivity contribution in [3.63, 3.8) is 0 Å². The second-order valence-corrected chi connectivity index (χ2v) is 9.53. The van der Waals surface area contributed by atoms with Gasteiger partial charge < -0.3 is 14.7 Å². The van der Waals surface area contributed by atoms with Crippen LogP contribution in [0.5, 0.6) is 0 Å². The molecule has 0 saturated heterocycles. The molecule has 0 radical (unpaired) electrons. The number of para-hydroxylation sites is 1. The molecule has 1 amide bonds. The van der Waals surface area contributed by atoms with Gasteiger partial charge in [-0.2, -0.15) is 13.2 Å². The number of carbonyl (C=O) groups is 1. The van der Waals surface area contributed by atoms with E-state index in [1.54, 1.807) is 0 Å². The van der Waals surface area contributed by atoms with Crippen LogP contribution in [0.4, 0.5) is 13.2 Å². The van der Waals surface area contributed by atoms with Crippen molar-refractivity contribution in [1.82, 2.24) is 20.5 Å². The molecule has 2 aromatic carbocycles. The lowest BCUT2D eigenvalue weighted by Crippen LogP contribution is -2.31. The number of fused-ring (bicyclic) bond motifs is 1. The number of hydrogen-bond donors (Lipinski definition) is 2. The topological polar surface area (TPSA) is 83.8 Å². The SMILES string of the molecule is CC(C)=CCSc1nnc([C@H](Cc2c[nH]c3ccccc23)NC(=O)Cc2ccc(C(F)(F)F)cc2)o1. The van der Waals surface area contributed by atoms with E-state index >= 15 is 0 Å². The maximum absolute atomic E-state index is 12.9. The Balaban J connectivity index is 1.52. The Bertz CT molecular complexity index is 1360. The summed E-state index contributed by atoms with van der Waals surface area (Å²) in [6, 6.07) is 11.8. The number of nitrogens with zero attached hydrogens (tertiary/aromatic N) is 2. The van der Waals surface area contributed by atoms with Gasteiger partial charge in [0.25, 0.3) is 5.22 Å². The molecule has 0 bridgehead atoms. The average Bonchev–Trinajstić information content (AvgIpc) is 3.46. The van der Waals surface area contributed by atoms with Crippen molar-refractivity contribution in [2.45, 2.75) is 44.1 Å². The van der Waals surface area contributed by atoms with Gasteiger partial charge >= 0.3 is 6.18 Å². The number of aromatic nitrogens is 3. The fraction of sp³-hybridized carbons (Fsp3) is 0.269. The van der Waals surface area contributed by atoms with Crippen LogP contribution in [0, 0.1) is 0 Å². The van der Waals surface area contributed by atoms with Crippen LogP contribution in [0.15, 0.2) is 76.0 Å². The van der Waals surface area contributed by atoms with Crippen LogP contribution in [-0.4, -0.2) is 26.8 Å². The third kappa shape index (κ3) is 6.57. The molecule has 0 fully saturated rings. The summed E-state index contributed by atoms with van der Waals surface area (Å²) in [6.45, 7) is 4.01. The van der Waals surface area contributed by atoms with Crippen molar-refractivity contribution in [3.8, 4) is 0 Å². The summed E-state index contributed by atoms with van der Waals surface area (Å²) >= 11 is 1.39. The average molecular weight is 515 g/mol. The van der Waals surface area contributed by atoms with E-state index < -0.39 is 17.8 Å². The van der Waals surface area contributed by atoms with Crippen molar-refractivity contribution in [3.05, 3.63) is 89.0 Å². The molecular weight excluding hydrogens is 489 g/mol. The number of nitrogens with one attached hydrogen (secondary N) is 2. The largest absolute Gasteiger partial charge is 0.416 e. The highest BCUT2D eigenvalue weighted by atomic mass is 32.2. The van der Waals surface area contributed by atoms with E-state index in [2.05, 4.69) is 20.5 Å². The molecule has 0 unspecified atom stereocenters. The number of halogens is 3. The standard InChI is InChI=1S/C26H25F3N4O2S/c1-16(2)11-12-36-25-33-32-24(35-25)22(14-18-15-30-21-6-4-3-5-20(18)21)31-23(34)13-17-7-9-19(10-8-17)26(27,28)29/h3-11,15,22,30H,12-14H2,1-2H3,(H,31,34)/t22-/m0/s1. The fourth-order valence-corrected chi connectivity index (χ4v) is 4.46. The van der Waals surface area contributed by atoms with Crippen LogP contribution in [0.3, 0.4) is 0 Å². The summed E-state index contributed by atoms with van der Waals surface area (Å²) in [4.78, 5) is 16.1. The van der Waals surface area contributed by atoms with Crippen LogP contribution < -0.4 is 5.32 Å². The minimum Gasteiger partial charge on any atom is -0.414 e. The van der Waals surface area contributed by atoms with Gasteiger partial charge in [-0.25, -0.2) is 0 Å². The normalized spacial score (nSPS) is 12.5. The molecule has 36 heavy (non-hydrogen) atoms. The van der Waals surface area contributed by atoms with E-state index in [0.29, 0.717) is 23.0 Å². The van der Waals surface area contributed by atoms with Crippen molar-refractivity contribution < 1.29 is 22.4 Å². The first-order chi connectivity index (χ1) is 17.2. The first-order valence-electron chi connectivity index (χ1n) is 11.3. The number of amides is 1. The number of H-pyrrole nitrogens is 1. The summed E-state index contributed by atoms with van der Waals surface area (Å²) in [6.07, 6.45) is -0.198. The van der Waals surface area contributed by atoms with E-state index in [1.807, 2.05) is 50.4 Å². The second-order valence-electron chi connectivity index (χ2n) is 8.55. The number of allylic oxidation sites excluding steroid dienone is 1. The number of thioether (sulfide) groups is 1. The van der Waals surface area contributed by atoms with E-state index in [0.717, 1.165) is 28.6 Å². The predicted molar refractivity (Wildman–Crippen MR) is 132 cm³/mol. The Morgan fingerprint density at radius 1 is 1.14 bits per heavy atom. The molecule has 4 rings (SSSR count). The van der Waals surface area contributed by atoms with Crippen molar-refractivity contribution >= 4 is 28.6 Å². The van der Waals surface area contributed by atoms with Gasteiger partial charge in [-0.1, -0.05) is 53.7 Å². The quantitative estimate of drug-likeness (QED) is 0.203. The van der Waals surface area contributed by atoms with Gasteiger partial charge in [0.1, 0.15) is 6.04 Å². The molecule has 0 aliphatic heterocycles.